The molecule has 94 valence electrons. The van der Waals surface area contributed by atoms with Crippen molar-refractivity contribution in [2.24, 2.45) is 0 Å². The molecule has 0 aliphatic heterocycles. The molecule has 0 radical (unpaired) electrons. The van der Waals surface area contributed by atoms with Gasteiger partial charge in [-0.05, 0) is 24.3 Å². The van der Waals surface area contributed by atoms with Gasteiger partial charge in [-0.15, -0.1) is 0 Å². The highest BCUT2D eigenvalue weighted by atomic mass is 16.5. The van der Waals surface area contributed by atoms with Gasteiger partial charge < -0.3 is 9.84 Å². The van der Waals surface area contributed by atoms with Crippen molar-refractivity contribution in [1.82, 2.24) is 9.97 Å². The molecule has 0 saturated carbocycles. The molecule has 0 atom stereocenters. The number of aromatic hydroxyl groups is 1. The molecule has 3 aromatic rings. The molecule has 0 unspecified atom stereocenters. The van der Waals surface area contributed by atoms with E-state index in [1.807, 2.05) is 0 Å². The van der Waals surface area contributed by atoms with Crippen LogP contribution in [0.25, 0.3) is 22.1 Å². The Kier molecular flexibility index (Phi) is 2.52. The first kappa shape index (κ1) is 11.4. The van der Waals surface area contributed by atoms with Crippen LogP contribution in [0.5, 0.6) is 5.75 Å². The van der Waals surface area contributed by atoms with Gasteiger partial charge in [0, 0.05) is 0 Å². The Balaban J connectivity index is 2.41. The molecule has 0 spiro atoms. The molecule has 5 heteroatoms. The van der Waals surface area contributed by atoms with Gasteiger partial charge in [0.25, 0.3) is 0 Å². The Morgan fingerprint density at radius 2 is 1.68 bits per heavy atom. The van der Waals surface area contributed by atoms with Gasteiger partial charge in [-0.1, -0.05) is 12.1 Å². The van der Waals surface area contributed by atoms with Crippen LogP contribution >= 0.6 is 0 Å². The number of phenols is 1. The maximum Gasteiger partial charge on any atom is 0.340 e. The maximum absolute atomic E-state index is 11.7. The first-order valence-corrected chi connectivity index (χ1v) is 5.67. The predicted octanol–water partition coefficient (Wildman–Crippen LogP) is 2.28. The number of carbonyl (C=O) groups is 1. The first-order chi connectivity index (χ1) is 9.20. The van der Waals surface area contributed by atoms with Crippen molar-refractivity contribution in [3.8, 4) is 5.75 Å². The lowest BCUT2D eigenvalue weighted by Gasteiger charge is -2.06. The number of nitrogens with zero attached hydrogens (tertiary/aromatic N) is 2. The van der Waals surface area contributed by atoms with E-state index in [-0.39, 0.29) is 5.75 Å². The van der Waals surface area contributed by atoms with Crippen LogP contribution in [0.4, 0.5) is 0 Å². The molecule has 1 heterocycles. The smallest absolute Gasteiger partial charge is 0.340 e. The van der Waals surface area contributed by atoms with Crippen molar-refractivity contribution in [1.29, 1.82) is 0 Å². The monoisotopic (exact) mass is 254 g/mol. The van der Waals surface area contributed by atoms with Gasteiger partial charge in [0.15, 0.2) is 0 Å². The summed E-state index contributed by atoms with van der Waals surface area (Å²) in [7, 11) is 1.32. The fourth-order valence-corrected chi connectivity index (χ4v) is 1.98. The number of carbonyl (C=O) groups excluding carboxylic acids is 1. The SMILES string of the molecule is COC(=O)c1cccc2nc3c(O)cccc3nc12. The molecule has 5 nitrogen and oxygen atoms in total. The van der Waals surface area contributed by atoms with Gasteiger partial charge in [0.1, 0.15) is 16.8 Å². The average molecular weight is 254 g/mol. The van der Waals surface area contributed by atoms with Crippen molar-refractivity contribution < 1.29 is 14.6 Å². The summed E-state index contributed by atoms with van der Waals surface area (Å²) in [5.41, 5.74) is 2.31. The van der Waals surface area contributed by atoms with Crippen molar-refractivity contribution in [2.75, 3.05) is 7.11 Å². The van der Waals surface area contributed by atoms with Crippen molar-refractivity contribution in [3.63, 3.8) is 0 Å². The highest BCUT2D eigenvalue weighted by Gasteiger charge is 2.13. The van der Waals surface area contributed by atoms with Gasteiger partial charge in [-0.25, -0.2) is 14.8 Å². The zero-order valence-electron chi connectivity index (χ0n) is 10.1. The van der Waals surface area contributed by atoms with E-state index < -0.39 is 5.97 Å². The second-order valence-corrected chi connectivity index (χ2v) is 4.03. The van der Waals surface area contributed by atoms with E-state index in [1.165, 1.54) is 7.11 Å². The average Bonchev–Trinajstić information content (AvgIpc) is 2.44. The largest absolute Gasteiger partial charge is 0.506 e. The summed E-state index contributed by atoms with van der Waals surface area (Å²) >= 11 is 0. The summed E-state index contributed by atoms with van der Waals surface area (Å²) < 4.78 is 4.72. The van der Waals surface area contributed by atoms with Crippen LogP contribution in [0.2, 0.25) is 0 Å². The Morgan fingerprint density at radius 3 is 2.42 bits per heavy atom. The Bertz CT molecular complexity index is 799. The van der Waals surface area contributed by atoms with Crippen molar-refractivity contribution in [2.45, 2.75) is 0 Å². The number of para-hydroxylation sites is 2. The lowest BCUT2D eigenvalue weighted by molar-refractivity contribution is 0.0603. The molecule has 0 aliphatic carbocycles. The standard InChI is InChI=1S/C14H10N2O3/c1-19-14(18)8-4-2-5-9-12(8)15-10-6-3-7-11(17)13(10)16-9/h2-7,17H,1H3. The third-order valence-electron chi connectivity index (χ3n) is 2.88. The van der Waals surface area contributed by atoms with E-state index in [4.69, 9.17) is 4.74 Å². The van der Waals surface area contributed by atoms with Gasteiger partial charge in [-0.2, -0.15) is 0 Å². The number of ether oxygens (including phenoxy) is 1. The number of benzene rings is 2. The fourth-order valence-electron chi connectivity index (χ4n) is 1.98. The Labute approximate surface area is 108 Å². The second kappa shape index (κ2) is 4.20. The molecule has 0 saturated heterocycles. The zero-order chi connectivity index (χ0) is 13.4. The maximum atomic E-state index is 11.7. The highest BCUT2D eigenvalue weighted by Crippen LogP contribution is 2.25. The minimum Gasteiger partial charge on any atom is -0.506 e. The summed E-state index contributed by atoms with van der Waals surface area (Å²) in [6, 6.07) is 10.0. The fraction of sp³-hybridized carbons (Fsp3) is 0.0714. The number of hydrogen-bond acceptors (Lipinski definition) is 5. The summed E-state index contributed by atoms with van der Waals surface area (Å²) in [4.78, 5) is 20.4. The molecule has 0 fully saturated rings. The van der Waals surface area contributed by atoms with Crippen LogP contribution < -0.4 is 0 Å². The number of esters is 1. The molecule has 19 heavy (non-hydrogen) atoms. The number of rotatable bonds is 1. The normalized spacial score (nSPS) is 10.8. The van der Waals surface area contributed by atoms with Crippen LogP contribution in [0, 0.1) is 0 Å². The zero-order valence-corrected chi connectivity index (χ0v) is 10.1. The molecule has 1 N–H and O–H groups in total. The molecular weight excluding hydrogens is 244 g/mol. The van der Waals surface area contributed by atoms with Gasteiger partial charge in [-0.3, -0.25) is 0 Å². The van der Waals surface area contributed by atoms with Crippen LogP contribution in [-0.4, -0.2) is 28.2 Å². The molecule has 2 aromatic carbocycles. The number of aromatic nitrogens is 2. The van der Waals surface area contributed by atoms with E-state index in [0.29, 0.717) is 27.6 Å². The predicted molar refractivity (Wildman–Crippen MR) is 70.0 cm³/mol. The number of hydrogen-bond donors (Lipinski definition) is 1. The third-order valence-corrected chi connectivity index (χ3v) is 2.88. The summed E-state index contributed by atoms with van der Waals surface area (Å²) in [5, 5.41) is 9.76. The van der Waals surface area contributed by atoms with Gasteiger partial charge in [0.2, 0.25) is 0 Å². The van der Waals surface area contributed by atoms with Crippen LogP contribution in [0.3, 0.4) is 0 Å². The van der Waals surface area contributed by atoms with Crippen LogP contribution in [0.1, 0.15) is 10.4 Å². The summed E-state index contributed by atoms with van der Waals surface area (Å²) in [6.45, 7) is 0. The quantitative estimate of drug-likeness (QED) is 0.532. The number of methoxy groups -OCH3 is 1. The molecule has 1 aromatic heterocycles. The van der Waals surface area contributed by atoms with E-state index in [2.05, 4.69) is 9.97 Å². The number of phenolic OH excluding ortho intramolecular Hbond substituents is 1. The van der Waals surface area contributed by atoms with Crippen LogP contribution in [0.15, 0.2) is 36.4 Å². The second-order valence-electron chi connectivity index (χ2n) is 4.03. The van der Waals surface area contributed by atoms with E-state index in [9.17, 15) is 9.90 Å². The molecule has 0 amide bonds. The minimum absolute atomic E-state index is 0.0652. The minimum atomic E-state index is -0.459. The van der Waals surface area contributed by atoms with Gasteiger partial charge in [0.05, 0.1) is 23.7 Å². The molecule has 0 bridgehead atoms. The summed E-state index contributed by atoms with van der Waals surface area (Å²) in [5.74, 6) is -0.394. The molecular formula is C14H10N2O3. The molecule has 0 aliphatic rings. The number of fused-ring (bicyclic) bond motifs is 2. The Hall–Kier alpha value is -2.69. The Morgan fingerprint density at radius 1 is 1.05 bits per heavy atom. The lowest BCUT2D eigenvalue weighted by atomic mass is 10.1. The van der Waals surface area contributed by atoms with E-state index in [1.54, 1.807) is 36.4 Å². The van der Waals surface area contributed by atoms with E-state index in [0.717, 1.165) is 0 Å². The summed E-state index contributed by atoms with van der Waals surface area (Å²) in [6.07, 6.45) is 0. The van der Waals surface area contributed by atoms with Gasteiger partial charge >= 0.3 is 5.97 Å². The topological polar surface area (TPSA) is 72.3 Å². The van der Waals surface area contributed by atoms with Crippen molar-refractivity contribution in [3.05, 3.63) is 42.0 Å². The highest BCUT2D eigenvalue weighted by molar-refractivity contribution is 6.03. The van der Waals surface area contributed by atoms with Crippen LogP contribution in [-0.2, 0) is 4.74 Å². The van der Waals surface area contributed by atoms with Crippen molar-refractivity contribution >= 4 is 28.0 Å². The van der Waals surface area contributed by atoms with E-state index >= 15 is 0 Å². The molecule has 3 rings (SSSR count). The lowest BCUT2D eigenvalue weighted by Crippen LogP contribution is -2.03. The third kappa shape index (κ3) is 1.76. The first-order valence-electron chi connectivity index (χ1n) is 5.67.